The first kappa shape index (κ1) is 12.1. The summed E-state index contributed by atoms with van der Waals surface area (Å²) in [5, 5.41) is 2.71. The van der Waals surface area contributed by atoms with Crippen molar-refractivity contribution in [3.8, 4) is 0 Å². The van der Waals surface area contributed by atoms with Gasteiger partial charge in [-0.2, -0.15) is 0 Å². The van der Waals surface area contributed by atoms with Crippen LogP contribution in [0.4, 0.5) is 11.5 Å². The number of carbonyl (C=O) groups is 1. The van der Waals surface area contributed by atoms with E-state index in [0.717, 1.165) is 0 Å². The van der Waals surface area contributed by atoms with E-state index < -0.39 is 0 Å². The van der Waals surface area contributed by atoms with Crippen molar-refractivity contribution in [1.82, 2.24) is 4.98 Å². The predicted molar refractivity (Wildman–Crippen MR) is 69.3 cm³/mol. The number of nitrogens with zero attached hydrogens (tertiary/aromatic N) is 1. The minimum Gasteiger partial charge on any atom is -0.307 e. The normalized spacial score (nSPS) is 9.83. The molecule has 5 nitrogen and oxygen atoms in total. The zero-order chi connectivity index (χ0) is 12.8. The first-order chi connectivity index (χ1) is 8.79. The first-order valence-corrected chi connectivity index (χ1v) is 5.41. The summed E-state index contributed by atoms with van der Waals surface area (Å²) in [6.45, 7) is 0. The molecule has 0 radical (unpaired) electrons. The number of amides is 1. The maximum atomic E-state index is 12.0. The van der Waals surface area contributed by atoms with Crippen molar-refractivity contribution in [2.24, 2.45) is 0 Å². The fourth-order valence-corrected chi connectivity index (χ4v) is 1.47. The standard InChI is InChI=1S/C13H13N3O2/c1-18-16-11-6-4-5-10(9-11)13(17)15-12-7-2-3-8-14-12/h2-9,16H,1H3,(H,14,15,17). The molecule has 0 atom stereocenters. The number of anilines is 2. The molecule has 0 unspecified atom stereocenters. The van der Waals surface area contributed by atoms with Crippen LogP contribution in [0.15, 0.2) is 48.7 Å². The summed E-state index contributed by atoms with van der Waals surface area (Å²) in [5.74, 6) is 0.307. The summed E-state index contributed by atoms with van der Waals surface area (Å²) in [5.41, 5.74) is 3.92. The van der Waals surface area contributed by atoms with Gasteiger partial charge in [0.2, 0.25) is 0 Å². The zero-order valence-electron chi connectivity index (χ0n) is 9.88. The van der Waals surface area contributed by atoms with Crippen LogP contribution in [0.3, 0.4) is 0 Å². The maximum Gasteiger partial charge on any atom is 0.256 e. The predicted octanol–water partition coefficient (Wildman–Crippen LogP) is 2.31. The summed E-state index contributed by atoms with van der Waals surface area (Å²) in [6.07, 6.45) is 1.62. The number of rotatable bonds is 4. The fourth-order valence-electron chi connectivity index (χ4n) is 1.47. The Kier molecular flexibility index (Phi) is 3.88. The van der Waals surface area contributed by atoms with Crippen LogP contribution in [0.2, 0.25) is 0 Å². The Morgan fingerprint density at radius 3 is 2.83 bits per heavy atom. The highest BCUT2D eigenvalue weighted by Crippen LogP contribution is 2.12. The minimum atomic E-state index is -0.214. The van der Waals surface area contributed by atoms with Gasteiger partial charge in [-0.3, -0.25) is 15.1 Å². The fraction of sp³-hybridized carbons (Fsp3) is 0.0769. The second-order valence-corrected chi connectivity index (χ2v) is 3.56. The average molecular weight is 243 g/mol. The molecule has 2 aromatic rings. The van der Waals surface area contributed by atoms with Gasteiger partial charge in [0.15, 0.2) is 0 Å². The van der Waals surface area contributed by atoms with Gasteiger partial charge >= 0.3 is 0 Å². The van der Waals surface area contributed by atoms with Crippen LogP contribution in [0.1, 0.15) is 10.4 Å². The lowest BCUT2D eigenvalue weighted by molar-refractivity contribution is 0.102. The Balaban J connectivity index is 2.11. The van der Waals surface area contributed by atoms with Gasteiger partial charge in [-0.1, -0.05) is 12.1 Å². The van der Waals surface area contributed by atoms with E-state index in [-0.39, 0.29) is 5.91 Å². The molecular formula is C13H13N3O2. The van der Waals surface area contributed by atoms with Gasteiger partial charge in [0.1, 0.15) is 5.82 Å². The van der Waals surface area contributed by atoms with Crippen molar-refractivity contribution in [3.63, 3.8) is 0 Å². The van der Waals surface area contributed by atoms with Gasteiger partial charge in [-0.05, 0) is 30.3 Å². The highest BCUT2D eigenvalue weighted by atomic mass is 16.6. The minimum absolute atomic E-state index is 0.214. The van der Waals surface area contributed by atoms with E-state index in [2.05, 4.69) is 15.8 Å². The molecule has 0 aliphatic rings. The lowest BCUT2D eigenvalue weighted by atomic mass is 10.2. The second kappa shape index (κ2) is 5.79. The third kappa shape index (κ3) is 3.05. The highest BCUT2D eigenvalue weighted by Gasteiger charge is 2.06. The number of hydrogen-bond donors (Lipinski definition) is 2. The Labute approximate surface area is 105 Å². The number of carbonyl (C=O) groups excluding carboxylic acids is 1. The van der Waals surface area contributed by atoms with Gasteiger partial charge in [0, 0.05) is 11.8 Å². The summed E-state index contributed by atoms with van der Waals surface area (Å²) in [4.78, 5) is 20.8. The molecular weight excluding hydrogens is 230 g/mol. The quantitative estimate of drug-likeness (QED) is 0.809. The first-order valence-electron chi connectivity index (χ1n) is 5.41. The third-order valence-corrected chi connectivity index (χ3v) is 2.25. The van der Waals surface area contributed by atoms with E-state index in [9.17, 15) is 4.79 Å². The van der Waals surface area contributed by atoms with E-state index in [0.29, 0.717) is 17.1 Å². The van der Waals surface area contributed by atoms with Crippen LogP contribution in [-0.4, -0.2) is 18.0 Å². The van der Waals surface area contributed by atoms with Gasteiger partial charge in [-0.25, -0.2) is 4.98 Å². The molecule has 2 N–H and O–H groups in total. The number of pyridine rings is 1. The number of hydrogen-bond acceptors (Lipinski definition) is 4. The molecule has 0 saturated carbocycles. The number of benzene rings is 1. The van der Waals surface area contributed by atoms with Crippen molar-refractivity contribution in [2.45, 2.75) is 0 Å². The van der Waals surface area contributed by atoms with E-state index in [1.54, 1.807) is 42.6 Å². The van der Waals surface area contributed by atoms with Crippen LogP contribution < -0.4 is 10.8 Å². The van der Waals surface area contributed by atoms with Gasteiger partial charge in [0.05, 0.1) is 12.8 Å². The van der Waals surface area contributed by atoms with Crippen LogP contribution in [0, 0.1) is 0 Å². The third-order valence-electron chi connectivity index (χ3n) is 2.25. The highest BCUT2D eigenvalue weighted by molar-refractivity contribution is 6.04. The molecule has 1 heterocycles. The van der Waals surface area contributed by atoms with E-state index >= 15 is 0 Å². The Hall–Kier alpha value is -2.40. The zero-order valence-corrected chi connectivity index (χ0v) is 9.88. The van der Waals surface area contributed by atoms with Crippen LogP contribution in [0.5, 0.6) is 0 Å². The molecule has 5 heteroatoms. The second-order valence-electron chi connectivity index (χ2n) is 3.56. The van der Waals surface area contributed by atoms with Crippen LogP contribution in [0.25, 0.3) is 0 Å². The molecule has 0 spiro atoms. The summed E-state index contributed by atoms with van der Waals surface area (Å²) in [6, 6.07) is 12.3. The van der Waals surface area contributed by atoms with Crippen molar-refractivity contribution in [2.75, 3.05) is 17.9 Å². The largest absolute Gasteiger partial charge is 0.307 e. The molecule has 0 bridgehead atoms. The molecule has 1 aromatic carbocycles. The average Bonchev–Trinajstić information content (AvgIpc) is 2.40. The molecule has 92 valence electrons. The van der Waals surface area contributed by atoms with Gasteiger partial charge in [-0.15, -0.1) is 0 Å². The topological polar surface area (TPSA) is 63.2 Å². The lowest BCUT2D eigenvalue weighted by Gasteiger charge is -2.06. The number of aromatic nitrogens is 1. The molecule has 0 fully saturated rings. The smallest absolute Gasteiger partial charge is 0.256 e. The summed E-state index contributed by atoms with van der Waals surface area (Å²) < 4.78 is 0. The van der Waals surface area contributed by atoms with E-state index in [1.807, 2.05) is 6.07 Å². The monoisotopic (exact) mass is 243 g/mol. The molecule has 1 aromatic heterocycles. The molecule has 2 rings (SSSR count). The van der Waals surface area contributed by atoms with Crippen molar-refractivity contribution >= 4 is 17.4 Å². The Morgan fingerprint density at radius 1 is 1.22 bits per heavy atom. The van der Waals surface area contributed by atoms with E-state index in [1.165, 1.54) is 7.11 Å². The van der Waals surface area contributed by atoms with Gasteiger partial charge in [0.25, 0.3) is 5.91 Å². The van der Waals surface area contributed by atoms with Crippen LogP contribution in [-0.2, 0) is 4.84 Å². The van der Waals surface area contributed by atoms with Crippen molar-refractivity contribution in [3.05, 3.63) is 54.2 Å². The van der Waals surface area contributed by atoms with E-state index in [4.69, 9.17) is 4.84 Å². The van der Waals surface area contributed by atoms with Crippen molar-refractivity contribution < 1.29 is 9.63 Å². The van der Waals surface area contributed by atoms with Crippen LogP contribution >= 0.6 is 0 Å². The van der Waals surface area contributed by atoms with Gasteiger partial charge < -0.3 is 5.32 Å². The Bertz CT molecular complexity index is 529. The number of nitrogens with one attached hydrogen (secondary N) is 2. The molecule has 1 amide bonds. The summed E-state index contributed by atoms with van der Waals surface area (Å²) >= 11 is 0. The maximum absolute atomic E-state index is 12.0. The molecule has 0 saturated heterocycles. The summed E-state index contributed by atoms with van der Waals surface area (Å²) in [7, 11) is 1.51. The molecule has 0 aliphatic heterocycles. The molecule has 0 aliphatic carbocycles. The molecule has 18 heavy (non-hydrogen) atoms. The lowest BCUT2D eigenvalue weighted by Crippen LogP contribution is -2.13. The Morgan fingerprint density at radius 2 is 2.11 bits per heavy atom. The SMILES string of the molecule is CONc1cccc(C(=O)Nc2ccccn2)c1. The van der Waals surface area contributed by atoms with Crippen molar-refractivity contribution in [1.29, 1.82) is 0 Å².